The number of sulfone groups is 1. The van der Waals surface area contributed by atoms with Gasteiger partial charge in [0.25, 0.3) is 5.91 Å². The zero-order valence-corrected chi connectivity index (χ0v) is 24.1. The van der Waals surface area contributed by atoms with Crippen LogP contribution in [0.1, 0.15) is 43.2 Å². The van der Waals surface area contributed by atoms with E-state index in [2.05, 4.69) is 10.6 Å². The highest BCUT2D eigenvalue weighted by Crippen LogP contribution is 2.50. The van der Waals surface area contributed by atoms with Crippen LogP contribution < -0.4 is 10.6 Å². The summed E-state index contributed by atoms with van der Waals surface area (Å²) in [6.07, 6.45) is 4.50. The number of fused-ring (bicyclic) bond motifs is 4. The van der Waals surface area contributed by atoms with E-state index < -0.39 is 50.4 Å². The van der Waals surface area contributed by atoms with Crippen LogP contribution in [0.4, 0.5) is 4.39 Å². The van der Waals surface area contributed by atoms with Crippen LogP contribution in [0.5, 0.6) is 0 Å². The van der Waals surface area contributed by atoms with Crippen molar-refractivity contribution in [2.75, 3.05) is 19.3 Å². The molecule has 2 aliphatic heterocycles. The summed E-state index contributed by atoms with van der Waals surface area (Å²) < 4.78 is 38.4. The number of halogens is 1. The Morgan fingerprint density at radius 1 is 1.12 bits per heavy atom. The molecule has 3 amide bonds. The normalized spacial score (nSPS) is 26.8. The average molecular weight is 596 g/mol. The van der Waals surface area contributed by atoms with E-state index in [1.165, 1.54) is 4.90 Å². The fraction of sp³-hybridized carbons (Fsp3) is 0.452. The number of likely N-dealkylation sites (tertiary alicyclic amines) is 1. The summed E-state index contributed by atoms with van der Waals surface area (Å²) >= 11 is 0. The fourth-order valence-electron chi connectivity index (χ4n) is 7.40. The predicted molar refractivity (Wildman–Crippen MR) is 153 cm³/mol. The highest BCUT2D eigenvalue weighted by molar-refractivity contribution is 7.94. The number of hydrogen-bond donors (Lipinski definition) is 3. The molecule has 4 aliphatic rings. The lowest BCUT2D eigenvalue weighted by Crippen LogP contribution is -2.55. The molecule has 2 saturated heterocycles. The van der Waals surface area contributed by atoms with Gasteiger partial charge in [0, 0.05) is 36.4 Å². The first-order valence-corrected chi connectivity index (χ1v) is 16.3. The maximum Gasteiger partial charge on any atom is 0.264 e. The van der Waals surface area contributed by atoms with Crippen LogP contribution in [0, 0.1) is 17.8 Å². The number of aliphatic hydroxyl groups is 1. The first-order chi connectivity index (χ1) is 20.0. The van der Waals surface area contributed by atoms with Crippen molar-refractivity contribution in [2.45, 2.75) is 49.8 Å². The Morgan fingerprint density at radius 3 is 2.36 bits per heavy atom. The summed E-state index contributed by atoms with van der Waals surface area (Å²) in [5, 5.41) is 16.3. The monoisotopic (exact) mass is 595 g/mol. The molecule has 3 N–H and O–H groups in total. The molecule has 0 spiro atoms. The van der Waals surface area contributed by atoms with Gasteiger partial charge >= 0.3 is 0 Å². The summed E-state index contributed by atoms with van der Waals surface area (Å²) in [5.41, 5.74) is 0.418. The third-order valence-electron chi connectivity index (χ3n) is 9.37. The van der Waals surface area contributed by atoms with Crippen molar-refractivity contribution in [2.24, 2.45) is 17.8 Å². The van der Waals surface area contributed by atoms with Gasteiger partial charge in [-0.05, 0) is 54.7 Å². The molecule has 0 aromatic heterocycles. The molecule has 5 atom stereocenters. The number of hydrogen-bond acceptors (Lipinski definition) is 6. The number of rotatable bonds is 7. The lowest BCUT2D eigenvalue weighted by atomic mass is 9.88. The fourth-order valence-corrected chi connectivity index (χ4v) is 7.81. The molecule has 2 aliphatic carbocycles. The third-order valence-corrected chi connectivity index (χ3v) is 10.2. The van der Waals surface area contributed by atoms with Crippen LogP contribution in [-0.4, -0.2) is 67.6 Å². The van der Waals surface area contributed by atoms with Crippen LogP contribution in [0.25, 0.3) is 11.1 Å². The summed E-state index contributed by atoms with van der Waals surface area (Å²) in [6.45, 7) is 0.732. The molecule has 0 radical (unpaired) electrons. The Hall–Kier alpha value is -3.57. The van der Waals surface area contributed by atoms with Gasteiger partial charge in [-0.1, -0.05) is 55.0 Å². The first-order valence-electron chi connectivity index (χ1n) is 14.4. The van der Waals surface area contributed by atoms with Crippen molar-refractivity contribution in [3.8, 4) is 11.1 Å². The van der Waals surface area contributed by atoms with Crippen molar-refractivity contribution in [3.05, 3.63) is 70.9 Å². The minimum atomic E-state index is -4.17. The van der Waals surface area contributed by atoms with Crippen LogP contribution >= 0.6 is 0 Å². The van der Waals surface area contributed by atoms with E-state index in [1.54, 1.807) is 24.3 Å². The number of nitrogens with zero attached hydrogens (tertiary/aromatic N) is 1. The molecule has 222 valence electrons. The van der Waals surface area contributed by atoms with Gasteiger partial charge in [0.05, 0.1) is 6.04 Å². The zero-order chi connectivity index (χ0) is 29.8. The van der Waals surface area contributed by atoms with Gasteiger partial charge in [-0.15, -0.1) is 0 Å². The summed E-state index contributed by atoms with van der Waals surface area (Å²) in [4.78, 5) is 42.2. The summed E-state index contributed by atoms with van der Waals surface area (Å²) in [7, 11) is -4.17. The minimum Gasteiger partial charge on any atom is -0.372 e. The van der Waals surface area contributed by atoms with Crippen LogP contribution in [0.3, 0.4) is 0 Å². The second-order valence-electron chi connectivity index (χ2n) is 11.9. The van der Waals surface area contributed by atoms with Gasteiger partial charge in [0.15, 0.2) is 5.60 Å². The molecule has 6 rings (SSSR count). The zero-order valence-electron chi connectivity index (χ0n) is 23.3. The Bertz CT molecular complexity index is 1540. The third kappa shape index (κ3) is 4.72. The van der Waals surface area contributed by atoms with Gasteiger partial charge in [-0.25, -0.2) is 8.42 Å². The topological polar surface area (TPSA) is 133 Å². The summed E-state index contributed by atoms with van der Waals surface area (Å²) in [6, 6.07) is 12.3. The van der Waals surface area contributed by atoms with Gasteiger partial charge in [0.2, 0.25) is 26.8 Å². The molecule has 9 nitrogen and oxygen atoms in total. The standard InChI is InChI=1S/C31H34FN3O6S/c1-42(40,41)26(32)16-20(15-18-13-14-33-28(18)36)34-29(37)27-21-10-6-7-19(21)17-35(27)30(38)31(39)24-11-4-2-8-22(24)23-9-3-5-12-25(23)31/h2-5,8-9,11-12,16,18-21,27,39H,6-7,10,13-15,17H2,1H3,(H,33,36)(H,34,37)/b26-16-/t18-,19-,20-,21-,27+/m1/s1. The highest BCUT2D eigenvalue weighted by atomic mass is 32.2. The molecule has 42 heavy (non-hydrogen) atoms. The number of carbonyl (C=O) groups is 3. The van der Waals surface area contributed by atoms with Crippen molar-refractivity contribution in [1.82, 2.24) is 15.5 Å². The number of nitrogens with one attached hydrogen (secondary N) is 2. The van der Waals surface area contributed by atoms with Crippen LogP contribution in [0.2, 0.25) is 0 Å². The Balaban J connectivity index is 1.34. The van der Waals surface area contributed by atoms with Crippen LogP contribution in [0.15, 0.2) is 59.8 Å². The van der Waals surface area contributed by atoms with Crippen LogP contribution in [-0.2, 0) is 29.8 Å². The maximum absolute atomic E-state index is 14.6. The van der Waals surface area contributed by atoms with Crippen molar-refractivity contribution >= 4 is 27.6 Å². The van der Waals surface area contributed by atoms with Gasteiger partial charge in [0.1, 0.15) is 6.04 Å². The molecular weight excluding hydrogens is 561 g/mol. The van der Waals surface area contributed by atoms with E-state index in [0.29, 0.717) is 30.5 Å². The molecule has 0 unspecified atom stereocenters. The van der Waals surface area contributed by atoms with E-state index in [-0.39, 0.29) is 30.7 Å². The van der Waals surface area contributed by atoms with E-state index >= 15 is 0 Å². The average Bonchev–Trinajstić information content (AvgIpc) is 3.72. The Kier molecular flexibility index (Phi) is 7.21. The SMILES string of the molecule is CS(=O)(=O)/C(F)=C\[C@@H](C[C@H]1CCNC1=O)NC(=O)[C@@H]1[C@@H]2CCC[C@@H]2CN1C(=O)C1(O)c2ccccc2-c2ccccc21. The molecule has 2 aromatic carbocycles. The molecule has 2 heterocycles. The van der Waals surface area contributed by atoms with Crippen molar-refractivity contribution in [1.29, 1.82) is 0 Å². The van der Waals surface area contributed by atoms with E-state index in [1.807, 2.05) is 24.3 Å². The van der Waals surface area contributed by atoms with E-state index in [4.69, 9.17) is 0 Å². The lowest BCUT2D eigenvalue weighted by molar-refractivity contribution is -0.152. The molecule has 11 heteroatoms. The molecule has 0 bridgehead atoms. The van der Waals surface area contributed by atoms with E-state index in [9.17, 15) is 32.3 Å². The van der Waals surface area contributed by atoms with Gasteiger partial charge in [-0.3, -0.25) is 14.4 Å². The predicted octanol–water partition coefficient (Wildman–Crippen LogP) is 2.40. The largest absolute Gasteiger partial charge is 0.372 e. The number of benzene rings is 2. The first kappa shape index (κ1) is 28.5. The Morgan fingerprint density at radius 2 is 1.76 bits per heavy atom. The number of carbonyl (C=O) groups excluding carboxylic acids is 3. The van der Waals surface area contributed by atoms with Gasteiger partial charge in [-0.2, -0.15) is 4.39 Å². The molecular formula is C31H34FN3O6S. The molecule has 2 aromatic rings. The second-order valence-corrected chi connectivity index (χ2v) is 13.9. The minimum absolute atomic E-state index is 0.0139. The molecule has 3 fully saturated rings. The Labute approximate surface area is 244 Å². The highest BCUT2D eigenvalue weighted by Gasteiger charge is 2.56. The van der Waals surface area contributed by atoms with Crippen molar-refractivity contribution in [3.63, 3.8) is 0 Å². The smallest absolute Gasteiger partial charge is 0.264 e. The quantitative estimate of drug-likeness (QED) is 0.451. The lowest BCUT2D eigenvalue weighted by Gasteiger charge is -2.34. The second kappa shape index (κ2) is 10.6. The number of amides is 3. The maximum atomic E-state index is 14.6. The van der Waals surface area contributed by atoms with E-state index in [0.717, 1.165) is 36.3 Å². The van der Waals surface area contributed by atoms with Gasteiger partial charge < -0.3 is 20.6 Å². The van der Waals surface area contributed by atoms with Crippen molar-refractivity contribution < 1.29 is 32.3 Å². The molecule has 1 saturated carbocycles. The summed E-state index contributed by atoms with van der Waals surface area (Å²) in [5.74, 6) is -2.02.